The predicted octanol–water partition coefficient (Wildman–Crippen LogP) is 2.63. The van der Waals surface area contributed by atoms with Crippen LogP contribution in [0.15, 0.2) is 36.5 Å². The molecule has 0 N–H and O–H groups in total. The highest BCUT2D eigenvalue weighted by atomic mass is 35.5. The second kappa shape index (κ2) is 3.07. The van der Waals surface area contributed by atoms with Gasteiger partial charge in [0.1, 0.15) is 5.69 Å². The monoisotopic (exact) mass is 219 g/mol. The van der Waals surface area contributed by atoms with Gasteiger partial charge in [-0.3, -0.25) is 0 Å². The molecular formula is C11H10ClN3. The lowest BCUT2D eigenvalue weighted by molar-refractivity contribution is 0.505. The molecule has 1 aliphatic carbocycles. The molecule has 1 aliphatic rings. The molecule has 1 aromatic carbocycles. The van der Waals surface area contributed by atoms with Crippen LogP contribution in [0.5, 0.6) is 0 Å². The molecule has 1 heterocycles. The minimum absolute atomic E-state index is 0.340. The molecule has 1 fully saturated rings. The standard InChI is InChI=1S/C11H10ClN3/c12-11(6-7-11)15-13-8-10(14-15)9-4-2-1-3-5-9/h1-5,8H,6-7H2. The molecule has 0 unspecified atom stereocenters. The Morgan fingerprint density at radius 1 is 1.20 bits per heavy atom. The van der Waals surface area contributed by atoms with Crippen LogP contribution in [0.2, 0.25) is 0 Å². The number of rotatable bonds is 2. The molecular weight excluding hydrogens is 210 g/mol. The maximum absolute atomic E-state index is 6.21. The fourth-order valence-corrected chi connectivity index (χ4v) is 1.68. The minimum atomic E-state index is -0.340. The Kier molecular flexibility index (Phi) is 1.83. The number of hydrogen-bond acceptors (Lipinski definition) is 2. The Hall–Kier alpha value is -1.35. The molecule has 1 aromatic heterocycles. The van der Waals surface area contributed by atoms with Crippen molar-refractivity contribution in [1.29, 1.82) is 0 Å². The van der Waals surface area contributed by atoms with E-state index in [1.807, 2.05) is 30.3 Å². The van der Waals surface area contributed by atoms with E-state index in [0.29, 0.717) is 0 Å². The fourth-order valence-electron chi connectivity index (χ4n) is 1.50. The van der Waals surface area contributed by atoms with Crippen LogP contribution in [0.1, 0.15) is 12.8 Å². The van der Waals surface area contributed by atoms with Crippen molar-refractivity contribution in [3.8, 4) is 11.3 Å². The van der Waals surface area contributed by atoms with Gasteiger partial charge in [0.2, 0.25) is 0 Å². The third-order valence-corrected chi connectivity index (χ3v) is 3.11. The average Bonchev–Trinajstić information content (AvgIpc) is 2.85. The van der Waals surface area contributed by atoms with Crippen molar-refractivity contribution in [2.45, 2.75) is 17.8 Å². The second-order valence-electron chi connectivity index (χ2n) is 3.80. The molecule has 15 heavy (non-hydrogen) atoms. The molecule has 1 saturated carbocycles. The van der Waals surface area contributed by atoms with Crippen molar-refractivity contribution in [1.82, 2.24) is 15.0 Å². The quantitative estimate of drug-likeness (QED) is 0.727. The van der Waals surface area contributed by atoms with Crippen molar-refractivity contribution in [3.63, 3.8) is 0 Å². The van der Waals surface area contributed by atoms with Gasteiger partial charge in [0.05, 0.1) is 6.20 Å². The molecule has 0 amide bonds. The largest absolute Gasteiger partial charge is 0.163 e. The maximum Gasteiger partial charge on any atom is 0.155 e. The highest BCUT2D eigenvalue weighted by molar-refractivity contribution is 6.23. The summed E-state index contributed by atoms with van der Waals surface area (Å²) in [5, 5.41) is 8.59. The maximum atomic E-state index is 6.21. The van der Waals surface area contributed by atoms with Gasteiger partial charge in [-0.1, -0.05) is 41.9 Å². The molecule has 0 atom stereocenters. The van der Waals surface area contributed by atoms with Gasteiger partial charge >= 0.3 is 0 Å². The first-order valence-electron chi connectivity index (χ1n) is 4.95. The van der Waals surface area contributed by atoms with Crippen LogP contribution in [0.25, 0.3) is 11.3 Å². The average molecular weight is 220 g/mol. The van der Waals surface area contributed by atoms with Crippen LogP contribution in [-0.4, -0.2) is 15.0 Å². The van der Waals surface area contributed by atoms with Crippen LogP contribution in [0.4, 0.5) is 0 Å². The van der Waals surface area contributed by atoms with Crippen molar-refractivity contribution < 1.29 is 0 Å². The lowest BCUT2D eigenvalue weighted by atomic mass is 10.2. The molecule has 4 heteroatoms. The Bertz CT molecular complexity index is 474. The lowest BCUT2D eigenvalue weighted by Crippen LogP contribution is -2.12. The number of aromatic nitrogens is 3. The number of benzene rings is 1. The molecule has 0 spiro atoms. The van der Waals surface area contributed by atoms with Gasteiger partial charge in [-0.15, -0.1) is 0 Å². The molecule has 0 radical (unpaired) electrons. The van der Waals surface area contributed by atoms with E-state index in [0.717, 1.165) is 24.1 Å². The van der Waals surface area contributed by atoms with Crippen molar-refractivity contribution in [2.75, 3.05) is 0 Å². The molecule has 3 rings (SSSR count). The summed E-state index contributed by atoms with van der Waals surface area (Å²) in [6, 6.07) is 9.99. The van der Waals surface area contributed by atoms with Gasteiger partial charge in [-0.25, -0.2) is 0 Å². The normalized spacial score (nSPS) is 17.7. The Morgan fingerprint density at radius 3 is 2.60 bits per heavy atom. The zero-order valence-corrected chi connectivity index (χ0v) is 8.85. The number of halogens is 1. The molecule has 0 bridgehead atoms. The van der Waals surface area contributed by atoms with Gasteiger partial charge in [0.15, 0.2) is 5.00 Å². The first-order chi connectivity index (χ1) is 7.28. The van der Waals surface area contributed by atoms with Gasteiger partial charge in [0, 0.05) is 5.56 Å². The van der Waals surface area contributed by atoms with E-state index in [9.17, 15) is 0 Å². The summed E-state index contributed by atoms with van der Waals surface area (Å²) in [5.41, 5.74) is 1.95. The summed E-state index contributed by atoms with van der Waals surface area (Å²) in [4.78, 5) is 1.28. The van der Waals surface area contributed by atoms with Crippen LogP contribution >= 0.6 is 11.6 Å². The smallest absolute Gasteiger partial charge is 0.155 e. The van der Waals surface area contributed by atoms with E-state index < -0.39 is 0 Å². The second-order valence-corrected chi connectivity index (χ2v) is 4.51. The van der Waals surface area contributed by atoms with Crippen LogP contribution in [0.3, 0.4) is 0 Å². The van der Waals surface area contributed by atoms with Crippen molar-refractivity contribution in [3.05, 3.63) is 36.5 Å². The molecule has 2 aromatic rings. The van der Waals surface area contributed by atoms with Gasteiger partial charge in [-0.2, -0.15) is 15.0 Å². The number of nitrogens with zero attached hydrogens (tertiary/aromatic N) is 3. The SMILES string of the molecule is ClC1(n2ncc(-c3ccccc3)n2)CC1. The zero-order chi connectivity index (χ0) is 10.3. The topological polar surface area (TPSA) is 30.7 Å². The summed E-state index contributed by atoms with van der Waals surface area (Å²) in [5.74, 6) is 0. The third-order valence-electron chi connectivity index (χ3n) is 2.58. The number of alkyl halides is 1. The van der Waals surface area contributed by atoms with E-state index >= 15 is 0 Å². The summed E-state index contributed by atoms with van der Waals surface area (Å²) < 4.78 is 0. The molecule has 0 aliphatic heterocycles. The summed E-state index contributed by atoms with van der Waals surface area (Å²) in [6.07, 6.45) is 3.67. The van der Waals surface area contributed by atoms with Gasteiger partial charge < -0.3 is 0 Å². The van der Waals surface area contributed by atoms with E-state index in [-0.39, 0.29) is 5.00 Å². The Balaban J connectivity index is 1.97. The van der Waals surface area contributed by atoms with Gasteiger partial charge in [0.25, 0.3) is 0 Å². The van der Waals surface area contributed by atoms with Crippen molar-refractivity contribution in [2.24, 2.45) is 0 Å². The highest BCUT2D eigenvalue weighted by Crippen LogP contribution is 2.46. The first-order valence-corrected chi connectivity index (χ1v) is 5.33. The number of hydrogen-bond donors (Lipinski definition) is 0. The zero-order valence-electron chi connectivity index (χ0n) is 8.10. The van der Waals surface area contributed by atoms with Crippen molar-refractivity contribution >= 4 is 11.6 Å². The molecule has 0 saturated heterocycles. The van der Waals surface area contributed by atoms with Crippen LogP contribution < -0.4 is 0 Å². The predicted molar refractivity (Wildman–Crippen MR) is 58.5 cm³/mol. The van der Waals surface area contributed by atoms with Crippen LogP contribution in [-0.2, 0) is 5.00 Å². The Labute approximate surface area is 92.7 Å². The minimum Gasteiger partial charge on any atom is -0.163 e. The molecule has 3 nitrogen and oxygen atoms in total. The van der Waals surface area contributed by atoms with Crippen LogP contribution in [0, 0.1) is 0 Å². The fraction of sp³-hybridized carbons (Fsp3) is 0.273. The summed E-state index contributed by atoms with van der Waals surface area (Å²) in [7, 11) is 0. The van der Waals surface area contributed by atoms with E-state index in [4.69, 9.17) is 11.6 Å². The molecule has 76 valence electrons. The van der Waals surface area contributed by atoms with E-state index in [1.54, 1.807) is 11.0 Å². The first kappa shape index (κ1) is 8.92. The summed E-state index contributed by atoms with van der Waals surface area (Å²) in [6.45, 7) is 0. The lowest BCUT2D eigenvalue weighted by Gasteiger charge is -2.02. The highest BCUT2D eigenvalue weighted by Gasteiger charge is 2.44. The summed E-state index contributed by atoms with van der Waals surface area (Å²) >= 11 is 6.21. The van der Waals surface area contributed by atoms with Gasteiger partial charge in [-0.05, 0) is 12.8 Å². The third kappa shape index (κ3) is 1.53. The Morgan fingerprint density at radius 2 is 1.93 bits per heavy atom. The van der Waals surface area contributed by atoms with E-state index in [1.165, 1.54) is 0 Å². The van der Waals surface area contributed by atoms with E-state index in [2.05, 4.69) is 10.2 Å².